The van der Waals surface area contributed by atoms with E-state index in [1.165, 1.54) is 5.69 Å². The third kappa shape index (κ3) is 6.05. The molecule has 3 aromatic carbocycles. The van der Waals surface area contributed by atoms with E-state index in [0.717, 1.165) is 66.5 Å². The Kier molecular flexibility index (Phi) is 7.66. The number of nitrogens with zero attached hydrogens (tertiary/aromatic N) is 3. The van der Waals surface area contributed by atoms with Crippen LogP contribution in [0, 0.1) is 0 Å². The first-order valence-electron chi connectivity index (χ1n) is 12.2. The van der Waals surface area contributed by atoms with E-state index in [-0.39, 0.29) is 5.91 Å². The van der Waals surface area contributed by atoms with Gasteiger partial charge in [-0.1, -0.05) is 60.3 Å². The fraction of sp³-hybridized carbons (Fsp3) is 0.286. The summed E-state index contributed by atoms with van der Waals surface area (Å²) in [7, 11) is 0. The van der Waals surface area contributed by atoms with Crippen LogP contribution in [0.4, 0.5) is 5.69 Å². The van der Waals surface area contributed by atoms with Crippen LogP contribution in [0.15, 0.2) is 84.0 Å². The van der Waals surface area contributed by atoms with Crippen LogP contribution in [0.1, 0.15) is 22.3 Å². The largest absolute Gasteiger partial charge is 0.369 e. The Labute approximate surface area is 210 Å². The SMILES string of the molecule is O=C(NCCCN1CCN(c2ccccc2)CC1)c1ccccc1CSc1nc2ccccc2[nH]1. The van der Waals surface area contributed by atoms with Gasteiger partial charge in [-0.15, -0.1) is 0 Å². The Hall–Kier alpha value is -3.29. The Bertz CT molecular complexity index is 1220. The van der Waals surface area contributed by atoms with Crippen molar-refractivity contribution in [3.63, 3.8) is 0 Å². The lowest BCUT2D eigenvalue weighted by Gasteiger charge is -2.36. The number of rotatable bonds is 9. The van der Waals surface area contributed by atoms with Crippen molar-refractivity contribution >= 4 is 34.4 Å². The number of hydrogen-bond donors (Lipinski definition) is 2. The van der Waals surface area contributed by atoms with Gasteiger partial charge in [0.15, 0.2) is 5.16 Å². The van der Waals surface area contributed by atoms with Gasteiger partial charge < -0.3 is 15.2 Å². The number of imidazole rings is 1. The van der Waals surface area contributed by atoms with E-state index in [0.29, 0.717) is 12.3 Å². The molecule has 0 atom stereocenters. The summed E-state index contributed by atoms with van der Waals surface area (Å²) < 4.78 is 0. The molecule has 0 unspecified atom stereocenters. The minimum atomic E-state index is -0.000275. The number of nitrogens with one attached hydrogen (secondary N) is 2. The maximum absolute atomic E-state index is 12.9. The molecule has 35 heavy (non-hydrogen) atoms. The molecule has 1 aliphatic rings. The van der Waals surface area contributed by atoms with Crippen LogP contribution >= 0.6 is 11.8 Å². The number of benzene rings is 3. The first-order valence-corrected chi connectivity index (χ1v) is 13.2. The van der Waals surface area contributed by atoms with E-state index in [1.807, 2.05) is 48.5 Å². The van der Waals surface area contributed by atoms with E-state index in [1.54, 1.807) is 11.8 Å². The van der Waals surface area contributed by atoms with Crippen molar-refractivity contribution in [2.75, 3.05) is 44.2 Å². The summed E-state index contributed by atoms with van der Waals surface area (Å²) in [6, 6.07) is 26.5. The third-order valence-corrected chi connectivity index (χ3v) is 7.35. The Morgan fingerprint density at radius 2 is 1.66 bits per heavy atom. The van der Waals surface area contributed by atoms with Crippen molar-refractivity contribution in [3.8, 4) is 0 Å². The van der Waals surface area contributed by atoms with Gasteiger partial charge in [0.2, 0.25) is 0 Å². The predicted molar refractivity (Wildman–Crippen MR) is 144 cm³/mol. The molecule has 0 spiro atoms. The fourth-order valence-electron chi connectivity index (χ4n) is 4.48. The number of amides is 1. The second-order valence-corrected chi connectivity index (χ2v) is 9.74. The third-order valence-electron chi connectivity index (χ3n) is 6.42. The van der Waals surface area contributed by atoms with Gasteiger partial charge in [0.25, 0.3) is 5.91 Å². The van der Waals surface area contributed by atoms with Crippen molar-refractivity contribution in [1.29, 1.82) is 0 Å². The van der Waals surface area contributed by atoms with E-state index in [2.05, 4.69) is 55.4 Å². The molecule has 0 bridgehead atoms. The number of carbonyl (C=O) groups excluding carboxylic acids is 1. The predicted octanol–water partition coefficient (Wildman–Crippen LogP) is 4.80. The first kappa shape index (κ1) is 23.5. The van der Waals surface area contributed by atoms with Gasteiger partial charge >= 0.3 is 0 Å². The van der Waals surface area contributed by atoms with Crippen LogP contribution in [-0.2, 0) is 5.75 Å². The Morgan fingerprint density at radius 1 is 0.914 bits per heavy atom. The minimum absolute atomic E-state index is 0.000275. The zero-order valence-corrected chi connectivity index (χ0v) is 20.6. The maximum atomic E-state index is 12.9. The summed E-state index contributed by atoms with van der Waals surface area (Å²) in [6.45, 7) is 5.91. The number of aromatic amines is 1. The highest BCUT2D eigenvalue weighted by atomic mass is 32.2. The van der Waals surface area contributed by atoms with E-state index >= 15 is 0 Å². The monoisotopic (exact) mass is 485 g/mol. The Morgan fingerprint density at radius 3 is 2.49 bits per heavy atom. The van der Waals surface area contributed by atoms with Crippen molar-refractivity contribution in [3.05, 3.63) is 90.0 Å². The average Bonchev–Trinajstić information content (AvgIpc) is 3.34. The minimum Gasteiger partial charge on any atom is -0.369 e. The number of hydrogen-bond acceptors (Lipinski definition) is 5. The van der Waals surface area contributed by atoms with Crippen LogP contribution in [-0.4, -0.2) is 60.0 Å². The highest BCUT2D eigenvalue weighted by Crippen LogP contribution is 2.24. The number of aromatic nitrogens is 2. The van der Waals surface area contributed by atoms with Crippen molar-refractivity contribution in [1.82, 2.24) is 20.2 Å². The molecular formula is C28H31N5OS. The van der Waals surface area contributed by atoms with E-state index < -0.39 is 0 Å². The quantitative estimate of drug-likeness (QED) is 0.263. The van der Waals surface area contributed by atoms with Crippen molar-refractivity contribution in [2.24, 2.45) is 0 Å². The van der Waals surface area contributed by atoms with Crippen LogP contribution in [0.2, 0.25) is 0 Å². The molecule has 1 amide bonds. The van der Waals surface area contributed by atoms with Crippen molar-refractivity contribution in [2.45, 2.75) is 17.3 Å². The summed E-state index contributed by atoms with van der Waals surface area (Å²) >= 11 is 1.62. The van der Waals surface area contributed by atoms with Gasteiger partial charge in [-0.05, 0) is 48.9 Å². The number of para-hydroxylation sites is 3. The van der Waals surface area contributed by atoms with Crippen molar-refractivity contribution < 1.29 is 4.79 Å². The lowest BCUT2D eigenvalue weighted by molar-refractivity contribution is 0.0950. The molecule has 0 saturated carbocycles. The molecular weight excluding hydrogens is 454 g/mol. The molecule has 6 nitrogen and oxygen atoms in total. The average molecular weight is 486 g/mol. The molecule has 0 radical (unpaired) electrons. The molecule has 0 aliphatic carbocycles. The first-order chi connectivity index (χ1) is 17.3. The van der Waals surface area contributed by atoms with Gasteiger partial charge in [-0.3, -0.25) is 9.69 Å². The normalized spacial score (nSPS) is 14.3. The van der Waals surface area contributed by atoms with Crippen LogP contribution in [0.25, 0.3) is 11.0 Å². The standard InChI is InChI=1S/C28H31N5OS/c34-27(29-15-8-16-32-17-19-33(20-18-32)23-10-2-1-3-11-23)24-12-5-4-9-22(24)21-35-28-30-25-13-6-7-14-26(25)31-28/h1-7,9-14H,8,15-21H2,(H,29,34)(H,30,31). The number of carbonyl (C=O) groups is 1. The maximum Gasteiger partial charge on any atom is 0.251 e. The van der Waals surface area contributed by atoms with Crippen LogP contribution in [0.3, 0.4) is 0 Å². The molecule has 2 N–H and O–H groups in total. The zero-order valence-electron chi connectivity index (χ0n) is 19.8. The van der Waals surface area contributed by atoms with Gasteiger partial charge in [0.1, 0.15) is 0 Å². The molecule has 1 aliphatic heterocycles. The number of H-pyrrole nitrogens is 1. The topological polar surface area (TPSA) is 64.3 Å². The number of anilines is 1. The van der Waals surface area contributed by atoms with Gasteiger partial charge in [-0.25, -0.2) is 4.98 Å². The molecule has 7 heteroatoms. The molecule has 1 fully saturated rings. The molecule has 180 valence electrons. The molecule has 5 rings (SSSR count). The second kappa shape index (κ2) is 11.4. The summed E-state index contributed by atoms with van der Waals surface area (Å²) in [6.07, 6.45) is 0.951. The van der Waals surface area contributed by atoms with Crippen LogP contribution < -0.4 is 10.2 Å². The van der Waals surface area contributed by atoms with Gasteiger partial charge in [-0.2, -0.15) is 0 Å². The second-order valence-electron chi connectivity index (χ2n) is 8.78. The highest BCUT2D eigenvalue weighted by molar-refractivity contribution is 7.98. The fourth-order valence-corrected chi connectivity index (χ4v) is 5.37. The number of fused-ring (bicyclic) bond motifs is 1. The van der Waals surface area contributed by atoms with Gasteiger partial charge in [0, 0.05) is 49.7 Å². The molecule has 2 heterocycles. The number of thioether (sulfide) groups is 1. The summed E-state index contributed by atoms with van der Waals surface area (Å²) in [5, 5.41) is 3.99. The summed E-state index contributed by atoms with van der Waals surface area (Å²) in [5.74, 6) is 0.689. The van der Waals surface area contributed by atoms with E-state index in [4.69, 9.17) is 0 Å². The summed E-state index contributed by atoms with van der Waals surface area (Å²) in [5.41, 5.74) is 5.06. The van der Waals surface area contributed by atoms with Gasteiger partial charge in [0.05, 0.1) is 11.0 Å². The summed E-state index contributed by atoms with van der Waals surface area (Å²) in [4.78, 5) is 25.8. The lowest BCUT2D eigenvalue weighted by Crippen LogP contribution is -2.47. The highest BCUT2D eigenvalue weighted by Gasteiger charge is 2.17. The Balaban J connectivity index is 1.07. The number of piperazine rings is 1. The molecule has 1 saturated heterocycles. The molecule has 1 aromatic heterocycles. The zero-order chi connectivity index (χ0) is 23.9. The van der Waals surface area contributed by atoms with Crippen LogP contribution in [0.5, 0.6) is 0 Å². The molecule has 4 aromatic rings. The smallest absolute Gasteiger partial charge is 0.251 e. The lowest BCUT2D eigenvalue weighted by atomic mass is 10.1. The van der Waals surface area contributed by atoms with E-state index in [9.17, 15) is 4.79 Å².